The number of hydrogen-bond acceptors (Lipinski definition) is 3. The highest BCUT2D eigenvalue weighted by atomic mass is 16.3. The van der Waals surface area contributed by atoms with Gasteiger partial charge in [0.2, 0.25) is 11.8 Å². The molecule has 1 aromatic heterocycles. The third-order valence-corrected chi connectivity index (χ3v) is 4.67. The Hall–Kier alpha value is -2.10. The molecule has 4 nitrogen and oxygen atoms in total. The molecule has 1 fully saturated rings. The van der Waals surface area contributed by atoms with Crippen molar-refractivity contribution in [1.82, 2.24) is 9.88 Å². The number of hydrogen-bond donors (Lipinski definition) is 0. The van der Waals surface area contributed by atoms with E-state index in [4.69, 9.17) is 4.42 Å². The molecule has 0 unspecified atom stereocenters. The van der Waals surface area contributed by atoms with Crippen LogP contribution in [0.1, 0.15) is 44.2 Å². The molecule has 0 spiro atoms. The lowest BCUT2D eigenvalue weighted by molar-refractivity contribution is -0.131. The number of aromatic nitrogens is 1. The minimum atomic E-state index is 0.129. The van der Waals surface area contributed by atoms with Crippen LogP contribution in [0.25, 0.3) is 11.5 Å². The molecule has 0 saturated heterocycles. The maximum Gasteiger partial charge on any atom is 0.228 e. The highest BCUT2D eigenvalue weighted by Gasteiger charge is 2.22. The van der Waals surface area contributed by atoms with E-state index in [1.807, 2.05) is 42.3 Å². The second kappa shape index (κ2) is 7.44. The monoisotopic (exact) mass is 312 g/mol. The molecule has 1 aliphatic rings. The molecule has 3 rings (SSSR count). The molecule has 122 valence electrons. The van der Waals surface area contributed by atoms with Crippen molar-refractivity contribution in [2.75, 3.05) is 7.05 Å². The third kappa shape index (κ3) is 4.01. The Kier molecular flexibility index (Phi) is 5.11. The zero-order chi connectivity index (χ0) is 16.1. The van der Waals surface area contributed by atoms with Crippen LogP contribution >= 0.6 is 0 Å². The zero-order valence-electron chi connectivity index (χ0n) is 13.7. The summed E-state index contributed by atoms with van der Waals surface area (Å²) in [5.41, 5.74) is 1.64. The van der Waals surface area contributed by atoms with Crippen LogP contribution in [0.3, 0.4) is 0 Å². The third-order valence-electron chi connectivity index (χ3n) is 4.67. The van der Waals surface area contributed by atoms with Crippen molar-refractivity contribution in [3.05, 3.63) is 42.3 Å². The second-order valence-electron chi connectivity index (χ2n) is 6.34. The first-order valence-corrected chi connectivity index (χ1v) is 8.49. The van der Waals surface area contributed by atoms with E-state index in [1.54, 1.807) is 6.26 Å². The van der Waals surface area contributed by atoms with E-state index in [1.165, 1.54) is 25.7 Å². The van der Waals surface area contributed by atoms with Gasteiger partial charge in [0.05, 0.1) is 12.1 Å². The highest BCUT2D eigenvalue weighted by molar-refractivity contribution is 5.78. The summed E-state index contributed by atoms with van der Waals surface area (Å²) in [4.78, 5) is 18.9. The first-order valence-electron chi connectivity index (χ1n) is 8.49. The zero-order valence-corrected chi connectivity index (χ0v) is 13.7. The van der Waals surface area contributed by atoms with Gasteiger partial charge in [0, 0.05) is 18.7 Å². The maximum absolute atomic E-state index is 12.5. The van der Waals surface area contributed by atoms with Crippen molar-refractivity contribution in [2.45, 2.75) is 51.0 Å². The molecule has 1 aromatic carbocycles. The summed E-state index contributed by atoms with van der Waals surface area (Å²) in [5, 5.41) is 0. The van der Waals surface area contributed by atoms with Gasteiger partial charge >= 0.3 is 0 Å². The molecule has 0 radical (unpaired) electrons. The van der Waals surface area contributed by atoms with Crippen LogP contribution in [-0.4, -0.2) is 28.9 Å². The standard InChI is InChI=1S/C19H24N2O2/c1-21(17-11-7-2-3-8-12-17)18(22)13-16-14-23-19(20-16)15-9-5-4-6-10-15/h4-6,9-10,14,17H,2-3,7-8,11-13H2,1H3. The van der Waals surface area contributed by atoms with Gasteiger partial charge in [-0.25, -0.2) is 4.98 Å². The Bertz CT molecular complexity index is 628. The first-order chi connectivity index (χ1) is 11.2. The first kappa shape index (κ1) is 15.8. The van der Waals surface area contributed by atoms with E-state index in [-0.39, 0.29) is 5.91 Å². The molecule has 0 atom stereocenters. The van der Waals surface area contributed by atoms with Gasteiger partial charge in [0.25, 0.3) is 0 Å². The fraction of sp³-hybridized carbons (Fsp3) is 0.474. The molecule has 1 saturated carbocycles. The number of benzene rings is 1. The lowest BCUT2D eigenvalue weighted by atomic mass is 10.1. The molecule has 1 heterocycles. The molecule has 2 aromatic rings. The van der Waals surface area contributed by atoms with Crippen molar-refractivity contribution < 1.29 is 9.21 Å². The van der Waals surface area contributed by atoms with E-state index in [0.29, 0.717) is 24.0 Å². The summed E-state index contributed by atoms with van der Waals surface area (Å²) in [7, 11) is 1.93. The van der Waals surface area contributed by atoms with Crippen molar-refractivity contribution in [3.63, 3.8) is 0 Å². The van der Waals surface area contributed by atoms with E-state index in [0.717, 1.165) is 18.4 Å². The lowest BCUT2D eigenvalue weighted by Gasteiger charge is -2.27. The number of carbonyl (C=O) groups is 1. The van der Waals surface area contributed by atoms with Gasteiger partial charge in [-0.3, -0.25) is 4.79 Å². The minimum Gasteiger partial charge on any atom is -0.444 e. The molecular formula is C19H24N2O2. The topological polar surface area (TPSA) is 46.3 Å². The molecule has 1 amide bonds. The van der Waals surface area contributed by atoms with E-state index in [9.17, 15) is 4.79 Å². The Balaban J connectivity index is 1.62. The maximum atomic E-state index is 12.5. The number of oxazole rings is 1. The summed E-state index contributed by atoms with van der Waals surface area (Å²) in [6, 6.07) is 10.1. The van der Waals surface area contributed by atoms with Crippen LogP contribution in [0.2, 0.25) is 0 Å². The van der Waals surface area contributed by atoms with E-state index in [2.05, 4.69) is 4.98 Å². The van der Waals surface area contributed by atoms with Gasteiger partial charge < -0.3 is 9.32 Å². The summed E-state index contributed by atoms with van der Waals surface area (Å²) in [5.74, 6) is 0.704. The lowest BCUT2D eigenvalue weighted by Crippen LogP contribution is -2.37. The quantitative estimate of drug-likeness (QED) is 0.800. The van der Waals surface area contributed by atoms with Crippen molar-refractivity contribution in [1.29, 1.82) is 0 Å². The Morgan fingerprint density at radius 1 is 1.17 bits per heavy atom. The second-order valence-corrected chi connectivity index (χ2v) is 6.34. The molecule has 0 aliphatic heterocycles. The van der Waals surface area contributed by atoms with Crippen molar-refractivity contribution in [2.24, 2.45) is 0 Å². The highest BCUT2D eigenvalue weighted by Crippen LogP contribution is 2.22. The molecule has 0 bridgehead atoms. The van der Waals surface area contributed by atoms with Crippen LogP contribution in [0.5, 0.6) is 0 Å². The number of nitrogens with zero attached hydrogens (tertiary/aromatic N) is 2. The average Bonchev–Trinajstić information content (AvgIpc) is 2.88. The Morgan fingerprint density at radius 2 is 1.87 bits per heavy atom. The molecule has 23 heavy (non-hydrogen) atoms. The molecule has 4 heteroatoms. The molecular weight excluding hydrogens is 288 g/mol. The van der Waals surface area contributed by atoms with E-state index < -0.39 is 0 Å². The van der Waals surface area contributed by atoms with Crippen molar-refractivity contribution >= 4 is 5.91 Å². The summed E-state index contributed by atoms with van der Waals surface area (Å²) < 4.78 is 5.51. The minimum absolute atomic E-state index is 0.129. The van der Waals surface area contributed by atoms with Gasteiger partial charge in [0.15, 0.2) is 0 Å². The van der Waals surface area contributed by atoms with Gasteiger partial charge in [-0.1, -0.05) is 43.9 Å². The Labute approximate surface area is 137 Å². The normalized spacial score (nSPS) is 16.0. The van der Waals surface area contributed by atoms with Gasteiger partial charge in [-0.2, -0.15) is 0 Å². The predicted molar refractivity (Wildman–Crippen MR) is 89.9 cm³/mol. The summed E-state index contributed by atoms with van der Waals surface area (Å²) in [6.45, 7) is 0. The average molecular weight is 312 g/mol. The van der Waals surface area contributed by atoms with Crippen LogP contribution in [0, 0.1) is 0 Å². The number of carbonyl (C=O) groups excluding carboxylic acids is 1. The fourth-order valence-corrected chi connectivity index (χ4v) is 3.23. The van der Waals surface area contributed by atoms with Crippen molar-refractivity contribution in [3.8, 4) is 11.5 Å². The largest absolute Gasteiger partial charge is 0.444 e. The number of likely N-dealkylation sites (N-methyl/N-ethyl adjacent to an activating group) is 1. The summed E-state index contributed by atoms with van der Waals surface area (Å²) in [6.07, 6.45) is 9.19. The smallest absolute Gasteiger partial charge is 0.228 e. The van der Waals surface area contributed by atoms with Crippen LogP contribution in [-0.2, 0) is 11.2 Å². The number of rotatable bonds is 4. The predicted octanol–water partition coefficient (Wildman–Crippen LogP) is 4.07. The molecule has 1 aliphatic carbocycles. The van der Waals surface area contributed by atoms with Crippen LogP contribution < -0.4 is 0 Å². The number of amides is 1. The SMILES string of the molecule is CN(C(=O)Cc1coc(-c2ccccc2)n1)C1CCCCCC1. The van der Waals surface area contributed by atoms with Crippen LogP contribution in [0.15, 0.2) is 41.0 Å². The fourth-order valence-electron chi connectivity index (χ4n) is 3.23. The Morgan fingerprint density at radius 3 is 2.57 bits per heavy atom. The van der Waals surface area contributed by atoms with Gasteiger partial charge in [-0.15, -0.1) is 0 Å². The molecule has 0 N–H and O–H groups in total. The summed E-state index contributed by atoms with van der Waals surface area (Å²) >= 11 is 0. The van der Waals surface area contributed by atoms with Crippen LogP contribution in [0.4, 0.5) is 0 Å². The van der Waals surface area contributed by atoms with Gasteiger partial charge in [0.1, 0.15) is 6.26 Å². The van der Waals surface area contributed by atoms with Gasteiger partial charge in [-0.05, 0) is 25.0 Å². The van der Waals surface area contributed by atoms with E-state index >= 15 is 0 Å².